The molecule has 18 heavy (non-hydrogen) atoms. The number of nitrogens with zero attached hydrogens (tertiary/aromatic N) is 1. The average molecular weight is 295 g/mol. The van der Waals surface area contributed by atoms with Crippen molar-refractivity contribution in [2.24, 2.45) is 0 Å². The highest BCUT2D eigenvalue weighted by atomic mass is 35.5. The third-order valence-electron chi connectivity index (χ3n) is 3.39. The standard InChI is InChI=1S/C13H19FN2.2ClH/c1-10-3-4-12(14)9-13(10)11(2)16-7-5-15-6-8-16;;/h3-4,9,11,15H,5-8H2,1-2H3;2*1H/t11-;;/m1../s1. The number of nitrogens with one attached hydrogen (secondary N) is 1. The van der Waals surface area contributed by atoms with Crippen LogP contribution in [-0.4, -0.2) is 31.1 Å². The van der Waals surface area contributed by atoms with Gasteiger partial charge in [0.15, 0.2) is 0 Å². The van der Waals surface area contributed by atoms with Crippen molar-refractivity contribution in [3.8, 4) is 0 Å². The molecule has 0 aliphatic carbocycles. The first kappa shape index (κ1) is 17.6. The number of piperazine rings is 1. The van der Waals surface area contributed by atoms with E-state index in [0.29, 0.717) is 6.04 Å². The van der Waals surface area contributed by atoms with Crippen LogP contribution in [0.2, 0.25) is 0 Å². The summed E-state index contributed by atoms with van der Waals surface area (Å²) in [6.07, 6.45) is 0. The molecular weight excluding hydrogens is 274 g/mol. The van der Waals surface area contributed by atoms with Gasteiger partial charge in [-0.15, -0.1) is 24.8 Å². The van der Waals surface area contributed by atoms with Crippen molar-refractivity contribution in [3.63, 3.8) is 0 Å². The molecule has 1 fully saturated rings. The Balaban J connectivity index is 0.00000144. The molecule has 1 aromatic rings. The van der Waals surface area contributed by atoms with Gasteiger partial charge in [0.1, 0.15) is 5.82 Å². The molecule has 0 radical (unpaired) electrons. The number of rotatable bonds is 2. The summed E-state index contributed by atoms with van der Waals surface area (Å²) in [4.78, 5) is 2.40. The predicted octanol–water partition coefficient (Wildman–Crippen LogP) is 2.94. The zero-order chi connectivity index (χ0) is 11.5. The summed E-state index contributed by atoms with van der Waals surface area (Å²) in [5.74, 6) is -0.136. The van der Waals surface area contributed by atoms with Crippen LogP contribution in [0.1, 0.15) is 24.1 Å². The van der Waals surface area contributed by atoms with Crippen molar-refractivity contribution in [1.82, 2.24) is 10.2 Å². The summed E-state index contributed by atoms with van der Waals surface area (Å²) in [6.45, 7) is 8.34. The van der Waals surface area contributed by atoms with Crippen LogP contribution in [0.25, 0.3) is 0 Å². The quantitative estimate of drug-likeness (QED) is 0.902. The zero-order valence-corrected chi connectivity index (χ0v) is 12.4. The monoisotopic (exact) mass is 294 g/mol. The van der Waals surface area contributed by atoms with Gasteiger partial charge >= 0.3 is 0 Å². The average Bonchev–Trinajstić information content (AvgIpc) is 2.32. The van der Waals surface area contributed by atoms with Crippen molar-refractivity contribution < 1.29 is 4.39 Å². The van der Waals surface area contributed by atoms with E-state index in [1.54, 1.807) is 6.07 Å². The molecule has 0 unspecified atom stereocenters. The van der Waals surface area contributed by atoms with E-state index in [1.807, 2.05) is 13.0 Å². The summed E-state index contributed by atoms with van der Waals surface area (Å²) in [7, 11) is 0. The molecule has 1 aromatic carbocycles. The normalized spacial score (nSPS) is 17.5. The van der Waals surface area contributed by atoms with E-state index < -0.39 is 0 Å². The van der Waals surface area contributed by atoms with Crippen molar-refractivity contribution in [2.45, 2.75) is 19.9 Å². The molecular formula is C13H21Cl2FN2. The van der Waals surface area contributed by atoms with Gasteiger partial charge in [0.2, 0.25) is 0 Å². The highest BCUT2D eigenvalue weighted by molar-refractivity contribution is 5.85. The van der Waals surface area contributed by atoms with E-state index in [2.05, 4.69) is 17.1 Å². The van der Waals surface area contributed by atoms with E-state index in [-0.39, 0.29) is 30.6 Å². The van der Waals surface area contributed by atoms with Gasteiger partial charge in [-0.2, -0.15) is 0 Å². The minimum atomic E-state index is -0.136. The summed E-state index contributed by atoms with van der Waals surface area (Å²) in [6, 6.07) is 5.37. The Morgan fingerprint density at radius 2 is 1.83 bits per heavy atom. The second-order valence-electron chi connectivity index (χ2n) is 4.46. The van der Waals surface area contributed by atoms with Crippen LogP contribution in [0.5, 0.6) is 0 Å². The van der Waals surface area contributed by atoms with Crippen molar-refractivity contribution >= 4 is 24.8 Å². The molecule has 1 heterocycles. The highest BCUT2D eigenvalue weighted by Gasteiger charge is 2.19. The fourth-order valence-electron chi connectivity index (χ4n) is 2.33. The second-order valence-corrected chi connectivity index (χ2v) is 4.46. The fraction of sp³-hybridized carbons (Fsp3) is 0.538. The lowest BCUT2D eigenvalue weighted by molar-refractivity contribution is 0.185. The SMILES string of the molecule is Cc1ccc(F)cc1[C@@H](C)N1CCNCC1.Cl.Cl. The zero-order valence-electron chi connectivity index (χ0n) is 10.8. The fourth-order valence-corrected chi connectivity index (χ4v) is 2.33. The molecule has 0 bridgehead atoms. The smallest absolute Gasteiger partial charge is 0.123 e. The number of hydrogen-bond acceptors (Lipinski definition) is 2. The largest absolute Gasteiger partial charge is 0.314 e. The Bertz CT molecular complexity index is 368. The van der Waals surface area contributed by atoms with E-state index in [9.17, 15) is 4.39 Å². The van der Waals surface area contributed by atoms with Crippen molar-refractivity contribution in [2.75, 3.05) is 26.2 Å². The number of hydrogen-bond donors (Lipinski definition) is 1. The molecule has 0 amide bonds. The van der Waals surface area contributed by atoms with Gasteiger partial charge in [-0.3, -0.25) is 4.90 Å². The van der Waals surface area contributed by atoms with Gasteiger partial charge in [0.25, 0.3) is 0 Å². The van der Waals surface area contributed by atoms with Crippen LogP contribution < -0.4 is 5.32 Å². The molecule has 5 heteroatoms. The Morgan fingerprint density at radius 3 is 2.44 bits per heavy atom. The van der Waals surface area contributed by atoms with E-state index in [0.717, 1.165) is 31.7 Å². The third-order valence-corrected chi connectivity index (χ3v) is 3.39. The maximum absolute atomic E-state index is 13.2. The Labute approximate surface area is 121 Å². The minimum absolute atomic E-state index is 0. The number of halogens is 3. The minimum Gasteiger partial charge on any atom is -0.314 e. The van der Waals surface area contributed by atoms with E-state index >= 15 is 0 Å². The second kappa shape index (κ2) is 7.95. The molecule has 0 saturated carbocycles. The summed E-state index contributed by atoms with van der Waals surface area (Å²) >= 11 is 0. The topological polar surface area (TPSA) is 15.3 Å². The molecule has 1 saturated heterocycles. The molecule has 2 rings (SSSR count). The lowest BCUT2D eigenvalue weighted by Gasteiger charge is -2.33. The van der Waals surface area contributed by atoms with Gasteiger partial charge < -0.3 is 5.32 Å². The summed E-state index contributed by atoms with van der Waals surface area (Å²) < 4.78 is 13.2. The highest BCUT2D eigenvalue weighted by Crippen LogP contribution is 2.24. The van der Waals surface area contributed by atoms with Gasteiger partial charge in [-0.1, -0.05) is 6.07 Å². The first-order valence-corrected chi connectivity index (χ1v) is 5.89. The van der Waals surface area contributed by atoms with Gasteiger partial charge in [-0.25, -0.2) is 4.39 Å². The van der Waals surface area contributed by atoms with Crippen LogP contribution in [0.15, 0.2) is 18.2 Å². The van der Waals surface area contributed by atoms with Crippen LogP contribution in [0.4, 0.5) is 4.39 Å². The maximum atomic E-state index is 13.2. The first-order valence-electron chi connectivity index (χ1n) is 5.89. The lowest BCUT2D eigenvalue weighted by atomic mass is 10.0. The van der Waals surface area contributed by atoms with Crippen molar-refractivity contribution in [1.29, 1.82) is 0 Å². The molecule has 1 aliphatic rings. The summed E-state index contributed by atoms with van der Waals surface area (Å²) in [5.41, 5.74) is 2.29. The molecule has 1 N–H and O–H groups in total. The third kappa shape index (κ3) is 4.09. The van der Waals surface area contributed by atoms with Crippen LogP contribution in [-0.2, 0) is 0 Å². The van der Waals surface area contributed by atoms with Crippen LogP contribution in [0.3, 0.4) is 0 Å². The van der Waals surface area contributed by atoms with Crippen LogP contribution in [0, 0.1) is 12.7 Å². The molecule has 1 aliphatic heterocycles. The van der Waals surface area contributed by atoms with E-state index in [4.69, 9.17) is 0 Å². The summed E-state index contributed by atoms with van der Waals surface area (Å²) in [5, 5.41) is 3.33. The molecule has 2 nitrogen and oxygen atoms in total. The van der Waals surface area contributed by atoms with Gasteiger partial charge in [-0.05, 0) is 37.1 Å². The molecule has 1 atom stereocenters. The molecule has 0 spiro atoms. The van der Waals surface area contributed by atoms with Crippen molar-refractivity contribution in [3.05, 3.63) is 35.1 Å². The Hall–Kier alpha value is -0.350. The first-order chi connectivity index (χ1) is 7.68. The van der Waals surface area contributed by atoms with Gasteiger partial charge in [0, 0.05) is 32.2 Å². The molecule has 0 aromatic heterocycles. The Kier molecular flexibility index (Phi) is 7.79. The molecule has 104 valence electrons. The van der Waals surface area contributed by atoms with Gasteiger partial charge in [0.05, 0.1) is 0 Å². The Morgan fingerprint density at radius 1 is 1.22 bits per heavy atom. The number of aryl methyl sites for hydroxylation is 1. The van der Waals surface area contributed by atoms with E-state index in [1.165, 1.54) is 11.6 Å². The maximum Gasteiger partial charge on any atom is 0.123 e. The van der Waals surface area contributed by atoms with Crippen LogP contribution >= 0.6 is 24.8 Å². The predicted molar refractivity (Wildman–Crippen MR) is 78.5 cm³/mol. The number of benzene rings is 1. The lowest BCUT2D eigenvalue weighted by Crippen LogP contribution is -2.44.